The topological polar surface area (TPSA) is 33.0 Å². The van der Waals surface area contributed by atoms with Gasteiger partial charge in [0.15, 0.2) is 0 Å². The molecule has 3 heteroatoms. The fourth-order valence-electron chi connectivity index (χ4n) is 1.93. The van der Waals surface area contributed by atoms with E-state index >= 15 is 0 Å². The van der Waals surface area contributed by atoms with Crippen LogP contribution >= 0.6 is 0 Å². The Morgan fingerprint density at radius 1 is 1.20 bits per heavy atom. The summed E-state index contributed by atoms with van der Waals surface area (Å²) in [5.41, 5.74) is 2.15. The van der Waals surface area contributed by atoms with Crippen molar-refractivity contribution in [3.8, 4) is 11.8 Å². The number of rotatable bonds is 4. The molecule has 0 fully saturated rings. The molecule has 2 rings (SSSR count). The van der Waals surface area contributed by atoms with Gasteiger partial charge in [-0.1, -0.05) is 26.0 Å². The van der Waals surface area contributed by atoms with Crippen LogP contribution in [0, 0.1) is 17.1 Å². The van der Waals surface area contributed by atoms with Crippen molar-refractivity contribution in [3.63, 3.8) is 0 Å². The zero-order chi connectivity index (χ0) is 14.5. The van der Waals surface area contributed by atoms with Gasteiger partial charge in [0.1, 0.15) is 18.2 Å². The molecular weight excluding hydrogens is 253 g/mol. The molecule has 0 amide bonds. The first-order chi connectivity index (χ1) is 9.58. The highest BCUT2D eigenvalue weighted by Gasteiger charge is 2.04. The van der Waals surface area contributed by atoms with E-state index in [1.165, 1.54) is 17.7 Å². The third-order valence-electron chi connectivity index (χ3n) is 3.02. The lowest BCUT2D eigenvalue weighted by Crippen LogP contribution is -1.98. The summed E-state index contributed by atoms with van der Waals surface area (Å²) in [5.74, 6) is 0.760. The van der Waals surface area contributed by atoms with E-state index in [2.05, 4.69) is 13.8 Å². The summed E-state index contributed by atoms with van der Waals surface area (Å²) in [7, 11) is 0. The fraction of sp³-hybridized carbons (Fsp3) is 0.235. The van der Waals surface area contributed by atoms with Gasteiger partial charge in [-0.25, -0.2) is 4.39 Å². The molecule has 0 aliphatic carbocycles. The van der Waals surface area contributed by atoms with E-state index in [1.807, 2.05) is 30.3 Å². The molecule has 0 aliphatic rings. The molecule has 0 saturated heterocycles. The molecule has 0 spiro atoms. The molecule has 0 unspecified atom stereocenters. The van der Waals surface area contributed by atoms with E-state index in [0.29, 0.717) is 17.0 Å². The second-order valence-corrected chi connectivity index (χ2v) is 4.98. The molecule has 0 aliphatic heterocycles. The van der Waals surface area contributed by atoms with Crippen molar-refractivity contribution < 1.29 is 9.13 Å². The van der Waals surface area contributed by atoms with E-state index < -0.39 is 5.82 Å². The molecule has 0 aromatic heterocycles. The Morgan fingerprint density at radius 2 is 2.00 bits per heavy atom. The maximum Gasteiger partial charge on any atom is 0.124 e. The zero-order valence-electron chi connectivity index (χ0n) is 11.6. The molecule has 20 heavy (non-hydrogen) atoms. The van der Waals surface area contributed by atoms with Gasteiger partial charge in [0.2, 0.25) is 0 Å². The molecule has 0 bridgehead atoms. The van der Waals surface area contributed by atoms with Crippen LogP contribution in [-0.2, 0) is 6.61 Å². The van der Waals surface area contributed by atoms with Gasteiger partial charge in [-0.3, -0.25) is 0 Å². The highest BCUT2D eigenvalue weighted by atomic mass is 19.1. The lowest BCUT2D eigenvalue weighted by molar-refractivity contribution is 0.305. The number of hydrogen-bond donors (Lipinski definition) is 0. The molecule has 0 atom stereocenters. The molecule has 0 heterocycles. The Kier molecular flexibility index (Phi) is 4.37. The number of nitrogens with zero attached hydrogens (tertiary/aromatic N) is 1. The summed E-state index contributed by atoms with van der Waals surface area (Å²) in [6.45, 7) is 4.48. The van der Waals surface area contributed by atoms with Crippen LogP contribution in [0.3, 0.4) is 0 Å². The molecule has 0 saturated carbocycles. The fourth-order valence-corrected chi connectivity index (χ4v) is 1.93. The standard InChI is InChI=1S/C17H16FNO/c1-12(2)15-4-3-5-17(9-15)20-11-14-6-13(10-19)7-16(18)8-14/h3-9,12H,11H2,1-2H3. The van der Waals surface area contributed by atoms with E-state index in [1.54, 1.807) is 6.07 Å². The van der Waals surface area contributed by atoms with Crippen LogP contribution in [0.1, 0.15) is 36.5 Å². The van der Waals surface area contributed by atoms with E-state index in [9.17, 15) is 4.39 Å². The molecule has 102 valence electrons. The predicted octanol–water partition coefficient (Wildman–Crippen LogP) is 4.40. The number of nitriles is 1. The average molecular weight is 269 g/mol. The quantitative estimate of drug-likeness (QED) is 0.824. The molecule has 2 nitrogen and oxygen atoms in total. The third-order valence-corrected chi connectivity index (χ3v) is 3.02. The van der Waals surface area contributed by atoms with Crippen LogP contribution in [0.2, 0.25) is 0 Å². The SMILES string of the molecule is CC(C)c1cccc(OCc2cc(F)cc(C#N)c2)c1. The largest absolute Gasteiger partial charge is 0.489 e. The van der Waals surface area contributed by atoms with E-state index in [4.69, 9.17) is 10.00 Å². The van der Waals surface area contributed by atoms with Crippen molar-refractivity contribution in [1.29, 1.82) is 5.26 Å². The van der Waals surface area contributed by atoms with Crippen LogP contribution in [0.5, 0.6) is 5.75 Å². The minimum atomic E-state index is -0.418. The number of benzene rings is 2. The van der Waals surface area contributed by atoms with Crippen LogP contribution in [0.25, 0.3) is 0 Å². The Labute approximate surface area is 118 Å². The zero-order valence-corrected chi connectivity index (χ0v) is 11.6. The maximum absolute atomic E-state index is 13.3. The van der Waals surface area contributed by atoms with Crippen molar-refractivity contribution in [2.45, 2.75) is 26.4 Å². The lowest BCUT2D eigenvalue weighted by Gasteiger charge is -2.10. The van der Waals surface area contributed by atoms with Crippen LogP contribution < -0.4 is 4.74 Å². The molecular formula is C17H16FNO. The second kappa shape index (κ2) is 6.21. The summed E-state index contributed by atoms with van der Waals surface area (Å²) in [6, 6.07) is 14.0. The van der Waals surface area contributed by atoms with Crippen molar-refractivity contribution in [2.24, 2.45) is 0 Å². The van der Waals surface area contributed by atoms with Crippen LogP contribution in [0.4, 0.5) is 4.39 Å². The molecule has 2 aromatic rings. The minimum Gasteiger partial charge on any atom is -0.489 e. The summed E-state index contributed by atoms with van der Waals surface area (Å²) >= 11 is 0. The van der Waals surface area contributed by atoms with Gasteiger partial charge < -0.3 is 4.74 Å². The summed E-state index contributed by atoms with van der Waals surface area (Å²) in [6.07, 6.45) is 0. The number of ether oxygens (including phenoxy) is 1. The van der Waals surface area contributed by atoms with Gasteiger partial charge >= 0.3 is 0 Å². The van der Waals surface area contributed by atoms with Gasteiger partial charge in [-0.15, -0.1) is 0 Å². The molecule has 0 radical (unpaired) electrons. The number of hydrogen-bond acceptors (Lipinski definition) is 2. The van der Waals surface area contributed by atoms with Crippen LogP contribution in [0.15, 0.2) is 42.5 Å². The second-order valence-electron chi connectivity index (χ2n) is 4.98. The lowest BCUT2D eigenvalue weighted by atomic mass is 10.0. The van der Waals surface area contributed by atoms with Crippen LogP contribution in [-0.4, -0.2) is 0 Å². The van der Waals surface area contributed by atoms with Crippen molar-refractivity contribution in [3.05, 3.63) is 65.0 Å². The normalized spacial score (nSPS) is 10.3. The van der Waals surface area contributed by atoms with E-state index in [0.717, 1.165) is 5.75 Å². The van der Waals surface area contributed by atoms with E-state index in [-0.39, 0.29) is 6.61 Å². The maximum atomic E-state index is 13.3. The van der Waals surface area contributed by atoms with Gasteiger partial charge in [-0.2, -0.15) is 5.26 Å². The van der Waals surface area contributed by atoms with Gasteiger partial charge in [0.25, 0.3) is 0 Å². The Bertz CT molecular complexity index is 644. The predicted molar refractivity (Wildman–Crippen MR) is 76.0 cm³/mol. The number of halogens is 1. The molecule has 2 aromatic carbocycles. The van der Waals surface area contributed by atoms with Crippen molar-refractivity contribution >= 4 is 0 Å². The van der Waals surface area contributed by atoms with Gasteiger partial charge in [0, 0.05) is 0 Å². The van der Waals surface area contributed by atoms with Gasteiger partial charge in [0.05, 0.1) is 11.6 Å². The summed E-state index contributed by atoms with van der Waals surface area (Å²) in [4.78, 5) is 0. The van der Waals surface area contributed by atoms with Crippen molar-refractivity contribution in [2.75, 3.05) is 0 Å². The monoisotopic (exact) mass is 269 g/mol. The first-order valence-corrected chi connectivity index (χ1v) is 6.51. The highest BCUT2D eigenvalue weighted by molar-refractivity contribution is 5.34. The highest BCUT2D eigenvalue weighted by Crippen LogP contribution is 2.21. The average Bonchev–Trinajstić information content (AvgIpc) is 2.44. The Balaban J connectivity index is 2.11. The minimum absolute atomic E-state index is 0.244. The summed E-state index contributed by atoms with van der Waals surface area (Å²) < 4.78 is 19.0. The summed E-state index contributed by atoms with van der Waals surface area (Å²) in [5, 5.41) is 8.81. The Hall–Kier alpha value is -2.34. The van der Waals surface area contributed by atoms with Crippen molar-refractivity contribution in [1.82, 2.24) is 0 Å². The smallest absolute Gasteiger partial charge is 0.124 e. The first-order valence-electron chi connectivity index (χ1n) is 6.51. The van der Waals surface area contributed by atoms with Gasteiger partial charge in [-0.05, 0) is 47.4 Å². The third kappa shape index (κ3) is 3.58. The Morgan fingerprint density at radius 3 is 2.70 bits per heavy atom. The molecule has 0 N–H and O–H groups in total. The first kappa shape index (κ1) is 14.1.